The van der Waals surface area contributed by atoms with Crippen LogP contribution in [0.1, 0.15) is 16.3 Å². The lowest BCUT2D eigenvalue weighted by molar-refractivity contribution is 0.626. The molecule has 0 spiro atoms. The summed E-state index contributed by atoms with van der Waals surface area (Å²) >= 11 is 2.90. The van der Waals surface area contributed by atoms with Crippen LogP contribution in [0.2, 0.25) is 0 Å². The number of thioether (sulfide) groups is 1. The van der Waals surface area contributed by atoms with Gasteiger partial charge in [-0.2, -0.15) is 0 Å². The van der Waals surface area contributed by atoms with Crippen molar-refractivity contribution in [2.45, 2.75) is 31.3 Å². The Balaban J connectivity index is 1.65. The third-order valence-corrected chi connectivity index (χ3v) is 6.65. The second-order valence-corrected chi connectivity index (χ2v) is 8.60. The first-order valence-corrected chi connectivity index (χ1v) is 10.7. The van der Waals surface area contributed by atoms with Gasteiger partial charge in [-0.3, -0.25) is 9.36 Å². The Hall–Kier alpha value is -2.78. The average molecular weight is 428 g/mol. The molecule has 0 aliphatic carbocycles. The predicted octanol–water partition coefficient (Wildman–Crippen LogP) is 4.48. The normalized spacial score (nSPS) is 11.3. The zero-order chi connectivity index (χ0) is 20.5. The lowest BCUT2D eigenvalue weighted by Crippen LogP contribution is -2.11. The lowest BCUT2D eigenvalue weighted by Gasteiger charge is -2.08. The highest BCUT2D eigenvalue weighted by molar-refractivity contribution is 7.98. The summed E-state index contributed by atoms with van der Waals surface area (Å²) in [6.45, 7) is 8.12. The van der Waals surface area contributed by atoms with Gasteiger partial charge in [0, 0.05) is 11.4 Å². The van der Waals surface area contributed by atoms with Crippen LogP contribution < -0.4 is 5.56 Å². The van der Waals surface area contributed by atoms with Gasteiger partial charge in [-0.15, -0.1) is 28.1 Å². The Bertz CT molecular complexity index is 1270. The number of aromatic amines is 1. The Morgan fingerprint density at radius 1 is 1.31 bits per heavy atom. The molecular formula is C20H18FN5OS2. The second-order valence-electron chi connectivity index (χ2n) is 6.45. The number of aryl methyl sites for hydroxylation is 2. The van der Waals surface area contributed by atoms with Gasteiger partial charge in [0.05, 0.1) is 16.7 Å². The summed E-state index contributed by atoms with van der Waals surface area (Å²) in [6.07, 6.45) is 1.71. The van der Waals surface area contributed by atoms with Crippen LogP contribution in [0.4, 0.5) is 4.39 Å². The fraction of sp³-hybridized carbons (Fsp3) is 0.200. The van der Waals surface area contributed by atoms with Crippen LogP contribution in [0.3, 0.4) is 0 Å². The molecule has 1 N–H and O–H groups in total. The number of hydrogen-bond donors (Lipinski definition) is 1. The SMILES string of the molecule is C=CCn1c(SCc2nc3sc(C)c(C)c3c(=O)[nH]2)nnc1-c1ccccc1F. The van der Waals surface area contributed by atoms with Crippen LogP contribution in [0.15, 0.2) is 46.9 Å². The van der Waals surface area contributed by atoms with Crippen molar-refractivity contribution in [2.24, 2.45) is 0 Å². The van der Waals surface area contributed by atoms with E-state index in [0.717, 1.165) is 15.3 Å². The Morgan fingerprint density at radius 2 is 2.10 bits per heavy atom. The minimum absolute atomic E-state index is 0.132. The third-order valence-electron chi connectivity index (χ3n) is 4.57. The topological polar surface area (TPSA) is 76.5 Å². The summed E-state index contributed by atoms with van der Waals surface area (Å²) in [5.41, 5.74) is 1.22. The van der Waals surface area contributed by atoms with Crippen LogP contribution in [0.25, 0.3) is 21.6 Å². The van der Waals surface area contributed by atoms with E-state index < -0.39 is 0 Å². The van der Waals surface area contributed by atoms with Gasteiger partial charge in [0.15, 0.2) is 11.0 Å². The molecule has 0 aliphatic heterocycles. The highest BCUT2D eigenvalue weighted by atomic mass is 32.2. The van der Waals surface area contributed by atoms with Gasteiger partial charge in [-0.1, -0.05) is 30.0 Å². The van der Waals surface area contributed by atoms with Crippen molar-refractivity contribution in [3.63, 3.8) is 0 Å². The zero-order valence-electron chi connectivity index (χ0n) is 15.9. The summed E-state index contributed by atoms with van der Waals surface area (Å²) in [4.78, 5) is 21.7. The number of rotatable bonds is 6. The number of thiophene rings is 1. The van der Waals surface area contributed by atoms with E-state index in [1.54, 1.807) is 28.8 Å². The number of aromatic nitrogens is 5. The molecule has 1 aromatic carbocycles. The molecule has 0 amide bonds. The molecule has 0 radical (unpaired) electrons. The van der Waals surface area contributed by atoms with E-state index in [-0.39, 0.29) is 11.4 Å². The first kappa shape index (κ1) is 19.5. The molecule has 148 valence electrons. The molecule has 0 saturated heterocycles. The van der Waals surface area contributed by atoms with Gasteiger partial charge in [0.2, 0.25) is 0 Å². The molecule has 4 aromatic rings. The van der Waals surface area contributed by atoms with E-state index >= 15 is 0 Å². The minimum atomic E-state index is -0.360. The van der Waals surface area contributed by atoms with Gasteiger partial charge in [0.1, 0.15) is 16.5 Å². The van der Waals surface area contributed by atoms with Crippen LogP contribution in [0.5, 0.6) is 0 Å². The molecule has 3 heterocycles. The van der Waals surface area contributed by atoms with E-state index in [1.807, 2.05) is 13.8 Å². The van der Waals surface area contributed by atoms with Crippen LogP contribution >= 0.6 is 23.1 Å². The van der Waals surface area contributed by atoms with Gasteiger partial charge >= 0.3 is 0 Å². The minimum Gasteiger partial charge on any atom is -0.309 e. The third kappa shape index (κ3) is 3.63. The van der Waals surface area contributed by atoms with E-state index in [9.17, 15) is 9.18 Å². The second kappa shape index (κ2) is 7.92. The highest BCUT2D eigenvalue weighted by Crippen LogP contribution is 2.29. The maximum atomic E-state index is 14.2. The number of fused-ring (bicyclic) bond motifs is 1. The van der Waals surface area contributed by atoms with E-state index in [1.165, 1.54) is 29.2 Å². The fourth-order valence-electron chi connectivity index (χ4n) is 3.03. The molecule has 9 heteroatoms. The number of H-pyrrole nitrogens is 1. The van der Waals surface area contributed by atoms with Crippen LogP contribution in [-0.4, -0.2) is 24.7 Å². The summed E-state index contributed by atoms with van der Waals surface area (Å²) in [6, 6.07) is 6.45. The molecule has 3 aromatic heterocycles. The van der Waals surface area contributed by atoms with E-state index in [0.29, 0.717) is 40.1 Å². The molecule has 0 bridgehead atoms. The maximum absolute atomic E-state index is 14.2. The highest BCUT2D eigenvalue weighted by Gasteiger charge is 2.17. The monoisotopic (exact) mass is 427 g/mol. The van der Waals surface area contributed by atoms with Crippen molar-refractivity contribution in [2.75, 3.05) is 0 Å². The molecular weight excluding hydrogens is 409 g/mol. The molecule has 29 heavy (non-hydrogen) atoms. The summed E-state index contributed by atoms with van der Waals surface area (Å²) in [5, 5.41) is 9.64. The number of allylic oxidation sites excluding steroid dienone is 1. The Morgan fingerprint density at radius 3 is 2.86 bits per heavy atom. The fourth-order valence-corrected chi connectivity index (χ4v) is 4.90. The summed E-state index contributed by atoms with van der Waals surface area (Å²) in [7, 11) is 0. The number of nitrogens with zero attached hydrogens (tertiary/aromatic N) is 4. The van der Waals surface area contributed by atoms with Crippen molar-refractivity contribution in [3.8, 4) is 11.4 Å². The quantitative estimate of drug-likeness (QED) is 0.363. The number of halogens is 1. The Kier molecular flexibility index (Phi) is 5.33. The predicted molar refractivity (Wildman–Crippen MR) is 115 cm³/mol. The largest absolute Gasteiger partial charge is 0.309 e. The average Bonchev–Trinajstić information content (AvgIpc) is 3.21. The van der Waals surface area contributed by atoms with Crippen LogP contribution in [-0.2, 0) is 12.3 Å². The van der Waals surface area contributed by atoms with Gasteiger partial charge in [0.25, 0.3) is 5.56 Å². The summed E-state index contributed by atoms with van der Waals surface area (Å²) < 4.78 is 16.0. The number of hydrogen-bond acceptors (Lipinski definition) is 6. The van der Waals surface area contributed by atoms with Crippen LogP contribution in [0, 0.1) is 19.7 Å². The van der Waals surface area contributed by atoms with Gasteiger partial charge < -0.3 is 4.98 Å². The van der Waals surface area contributed by atoms with Gasteiger partial charge in [-0.05, 0) is 31.5 Å². The van der Waals surface area contributed by atoms with Crippen molar-refractivity contribution in [1.82, 2.24) is 24.7 Å². The summed E-state index contributed by atoms with van der Waals surface area (Å²) in [5.74, 6) is 1.05. The standard InChI is InChI=1S/C20H18FN5OS2/c1-4-9-26-17(13-7-5-6-8-14(13)21)24-25-20(26)28-10-15-22-18(27)16-11(2)12(3)29-19(16)23-15/h4-8H,1,9-10H2,2-3H3,(H,22,23,27). The smallest absolute Gasteiger partial charge is 0.259 e. The molecule has 0 aliphatic rings. The van der Waals surface area contributed by atoms with Crippen molar-refractivity contribution in [1.29, 1.82) is 0 Å². The van der Waals surface area contributed by atoms with Crippen molar-refractivity contribution in [3.05, 3.63) is 69.4 Å². The molecule has 0 saturated carbocycles. The lowest BCUT2D eigenvalue weighted by atomic mass is 10.2. The molecule has 0 fully saturated rings. The number of benzene rings is 1. The zero-order valence-corrected chi connectivity index (χ0v) is 17.5. The molecule has 6 nitrogen and oxygen atoms in total. The van der Waals surface area contributed by atoms with Crippen molar-refractivity contribution >= 4 is 33.3 Å². The first-order chi connectivity index (χ1) is 14.0. The van der Waals surface area contributed by atoms with Crippen molar-refractivity contribution < 1.29 is 4.39 Å². The number of nitrogens with one attached hydrogen (secondary N) is 1. The Labute approximate surface area is 174 Å². The molecule has 4 rings (SSSR count). The van der Waals surface area contributed by atoms with E-state index in [2.05, 4.69) is 26.7 Å². The molecule has 0 unspecified atom stereocenters. The maximum Gasteiger partial charge on any atom is 0.259 e. The first-order valence-electron chi connectivity index (χ1n) is 8.90. The van der Waals surface area contributed by atoms with E-state index in [4.69, 9.17) is 0 Å². The molecule has 0 atom stereocenters. The van der Waals surface area contributed by atoms with Gasteiger partial charge in [-0.25, -0.2) is 9.37 Å².